The van der Waals surface area contributed by atoms with Crippen LogP contribution in [-0.4, -0.2) is 59.6 Å². The van der Waals surface area contributed by atoms with Gasteiger partial charge in [0, 0.05) is 25.4 Å². The van der Waals surface area contributed by atoms with Crippen molar-refractivity contribution in [2.24, 2.45) is 0 Å². The van der Waals surface area contributed by atoms with E-state index in [2.05, 4.69) is 15.6 Å². The van der Waals surface area contributed by atoms with Crippen LogP contribution < -0.4 is 15.4 Å². The maximum absolute atomic E-state index is 13.4. The van der Waals surface area contributed by atoms with Gasteiger partial charge in [0.05, 0.1) is 5.02 Å². The van der Waals surface area contributed by atoms with Gasteiger partial charge in [-0.15, -0.1) is 0 Å². The van der Waals surface area contributed by atoms with Crippen LogP contribution in [0.25, 0.3) is 0 Å². The number of amides is 3. The molecule has 1 aromatic heterocycles. The molecule has 0 bridgehead atoms. The number of hydrogen-bond acceptors (Lipinski definition) is 6. The van der Waals surface area contributed by atoms with E-state index in [0.717, 1.165) is 0 Å². The van der Waals surface area contributed by atoms with E-state index < -0.39 is 32.8 Å². The maximum atomic E-state index is 13.4. The SMILES string of the molecule is O=C1NC(=O)C2(CCCCC2S(=O)(=O)N2CCC(Oc3ccc(Cl)cn3)CC2)N1. The highest BCUT2D eigenvalue weighted by molar-refractivity contribution is 7.89. The van der Waals surface area contributed by atoms with Gasteiger partial charge < -0.3 is 10.1 Å². The molecule has 11 heteroatoms. The van der Waals surface area contributed by atoms with E-state index in [-0.39, 0.29) is 6.10 Å². The number of urea groups is 1. The zero-order valence-electron chi connectivity index (χ0n) is 15.8. The molecule has 2 aliphatic heterocycles. The fourth-order valence-electron chi connectivity index (χ4n) is 4.44. The molecule has 3 heterocycles. The minimum atomic E-state index is -3.77. The van der Waals surface area contributed by atoms with Crippen molar-refractivity contribution in [3.05, 3.63) is 23.4 Å². The third-order valence-corrected chi connectivity index (χ3v) is 8.58. The van der Waals surface area contributed by atoms with Crippen molar-refractivity contribution in [1.82, 2.24) is 19.9 Å². The van der Waals surface area contributed by atoms with Crippen molar-refractivity contribution in [1.29, 1.82) is 0 Å². The van der Waals surface area contributed by atoms with Gasteiger partial charge in [0.15, 0.2) is 0 Å². The molecule has 1 aliphatic carbocycles. The lowest BCUT2D eigenvalue weighted by molar-refractivity contribution is -0.124. The minimum absolute atomic E-state index is 0.148. The Hall–Kier alpha value is -1.91. The third-order valence-electron chi connectivity index (χ3n) is 5.91. The van der Waals surface area contributed by atoms with E-state index in [1.54, 1.807) is 12.1 Å². The van der Waals surface area contributed by atoms with Crippen molar-refractivity contribution in [2.45, 2.75) is 55.4 Å². The fourth-order valence-corrected chi connectivity index (χ4v) is 6.89. The van der Waals surface area contributed by atoms with Crippen LogP contribution in [0.4, 0.5) is 4.79 Å². The van der Waals surface area contributed by atoms with E-state index >= 15 is 0 Å². The lowest BCUT2D eigenvalue weighted by Gasteiger charge is -2.41. The van der Waals surface area contributed by atoms with Crippen molar-refractivity contribution in [2.75, 3.05) is 13.1 Å². The second kappa shape index (κ2) is 7.73. The van der Waals surface area contributed by atoms with Gasteiger partial charge in [0.2, 0.25) is 15.9 Å². The van der Waals surface area contributed by atoms with Crippen molar-refractivity contribution >= 4 is 33.6 Å². The number of pyridine rings is 1. The summed E-state index contributed by atoms with van der Waals surface area (Å²) in [7, 11) is -3.77. The highest BCUT2D eigenvalue weighted by Gasteiger charge is 2.58. The summed E-state index contributed by atoms with van der Waals surface area (Å²) in [5, 5.41) is 4.39. The minimum Gasteiger partial charge on any atom is -0.474 e. The summed E-state index contributed by atoms with van der Waals surface area (Å²) < 4.78 is 34.0. The summed E-state index contributed by atoms with van der Waals surface area (Å²) in [5.41, 5.74) is -1.37. The molecular weight excluding hydrogens is 420 g/mol. The molecule has 3 fully saturated rings. The average molecular weight is 443 g/mol. The number of nitrogens with one attached hydrogen (secondary N) is 2. The Morgan fingerprint density at radius 2 is 1.93 bits per heavy atom. The van der Waals surface area contributed by atoms with Crippen LogP contribution in [0.1, 0.15) is 38.5 Å². The summed E-state index contributed by atoms with van der Waals surface area (Å²) in [6, 6.07) is 2.74. The Balaban J connectivity index is 1.45. The van der Waals surface area contributed by atoms with Crippen molar-refractivity contribution in [3.63, 3.8) is 0 Å². The van der Waals surface area contributed by atoms with Crippen molar-refractivity contribution < 1.29 is 22.7 Å². The Labute approximate surface area is 174 Å². The second-order valence-corrected chi connectivity index (χ2v) is 10.2. The van der Waals surface area contributed by atoms with Gasteiger partial charge in [-0.3, -0.25) is 10.1 Å². The highest BCUT2D eigenvalue weighted by atomic mass is 35.5. The smallest absolute Gasteiger partial charge is 0.322 e. The molecule has 3 amide bonds. The van der Waals surface area contributed by atoms with Crippen LogP contribution in [0.2, 0.25) is 5.02 Å². The van der Waals surface area contributed by atoms with Gasteiger partial charge in [0.25, 0.3) is 5.91 Å². The molecule has 1 aromatic rings. The second-order valence-electron chi connectivity index (χ2n) is 7.69. The number of imide groups is 1. The van der Waals surface area contributed by atoms with Crippen LogP contribution in [-0.2, 0) is 14.8 Å². The number of halogens is 1. The van der Waals surface area contributed by atoms with Crippen molar-refractivity contribution in [3.8, 4) is 5.88 Å². The molecule has 158 valence electrons. The molecule has 0 radical (unpaired) electrons. The predicted molar refractivity (Wildman–Crippen MR) is 105 cm³/mol. The summed E-state index contributed by atoms with van der Waals surface area (Å²) >= 11 is 5.82. The monoisotopic (exact) mass is 442 g/mol. The van der Waals surface area contributed by atoms with Crippen LogP contribution in [0.3, 0.4) is 0 Å². The van der Waals surface area contributed by atoms with E-state index in [9.17, 15) is 18.0 Å². The summed E-state index contributed by atoms with van der Waals surface area (Å²) in [6.07, 6.45) is 4.46. The molecule has 1 saturated carbocycles. The number of carbonyl (C=O) groups is 2. The molecule has 3 aliphatic rings. The summed E-state index contributed by atoms with van der Waals surface area (Å²) in [6.45, 7) is 0.589. The molecule has 2 unspecified atom stereocenters. The van der Waals surface area contributed by atoms with Gasteiger partial charge in [-0.05, 0) is 31.7 Å². The molecule has 0 aromatic carbocycles. The average Bonchev–Trinajstić information content (AvgIpc) is 2.97. The third kappa shape index (κ3) is 3.80. The molecule has 4 rings (SSSR count). The summed E-state index contributed by atoms with van der Waals surface area (Å²) in [5.74, 6) is -0.0879. The molecule has 1 spiro atoms. The van der Waals surface area contributed by atoms with Crippen LogP contribution in [0, 0.1) is 0 Å². The number of hydrogen-bond donors (Lipinski definition) is 2. The Kier molecular flexibility index (Phi) is 5.43. The van der Waals surface area contributed by atoms with Gasteiger partial charge in [0.1, 0.15) is 16.9 Å². The largest absolute Gasteiger partial charge is 0.474 e. The number of nitrogens with zero attached hydrogens (tertiary/aromatic N) is 2. The normalized spacial score (nSPS) is 28.9. The van der Waals surface area contributed by atoms with Crippen LogP contribution in [0.15, 0.2) is 18.3 Å². The molecule has 29 heavy (non-hydrogen) atoms. The standard InChI is InChI=1S/C18H23ClN4O5S/c19-12-4-5-15(20-11-12)28-13-6-9-23(10-7-13)29(26,27)14-3-1-2-8-18(14)16(24)21-17(25)22-18/h4-5,11,13-14H,1-3,6-10H2,(H2,21,22,24,25). The maximum Gasteiger partial charge on any atom is 0.322 e. The van der Waals surface area contributed by atoms with Gasteiger partial charge in [-0.1, -0.05) is 24.4 Å². The number of sulfonamides is 1. The molecule has 2 saturated heterocycles. The molecule has 2 atom stereocenters. The number of piperidine rings is 1. The predicted octanol–water partition coefficient (Wildman–Crippen LogP) is 1.43. The molecule has 2 N–H and O–H groups in total. The first-order valence-corrected chi connectivity index (χ1v) is 11.6. The zero-order chi connectivity index (χ0) is 20.6. The first-order chi connectivity index (χ1) is 13.8. The van der Waals surface area contributed by atoms with Gasteiger partial charge >= 0.3 is 6.03 Å². The Bertz CT molecular complexity index is 901. The molecular formula is C18H23ClN4O5S. The number of ether oxygens (including phenoxy) is 1. The Morgan fingerprint density at radius 1 is 1.17 bits per heavy atom. The van der Waals surface area contributed by atoms with Gasteiger partial charge in [-0.2, -0.15) is 0 Å². The quantitative estimate of drug-likeness (QED) is 0.681. The number of carbonyl (C=O) groups excluding carboxylic acids is 2. The van der Waals surface area contributed by atoms with Crippen LogP contribution >= 0.6 is 11.6 Å². The van der Waals surface area contributed by atoms with E-state index in [0.29, 0.717) is 62.5 Å². The highest BCUT2D eigenvalue weighted by Crippen LogP contribution is 2.37. The topological polar surface area (TPSA) is 118 Å². The lowest BCUT2D eigenvalue weighted by atomic mass is 9.81. The van der Waals surface area contributed by atoms with Gasteiger partial charge in [-0.25, -0.2) is 22.5 Å². The van der Waals surface area contributed by atoms with Crippen LogP contribution in [0.5, 0.6) is 5.88 Å². The number of aromatic nitrogens is 1. The zero-order valence-corrected chi connectivity index (χ0v) is 17.3. The first-order valence-electron chi connectivity index (χ1n) is 9.72. The fraction of sp³-hybridized carbons (Fsp3) is 0.611. The summed E-state index contributed by atoms with van der Waals surface area (Å²) in [4.78, 5) is 28.3. The van der Waals surface area contributed by atoms with E-state index in [4.69, 9.17) is 16.3 Å². The number of rotatable bonds is 4. The Morgan fingerprint density at radius 3 is 2.55 bits per heavy atom. The lowest BCUT2D eigenvalue weighted by Crippen LogP contribution is -2.63. The first kappa shape index (κ1) is 20.4. The van der Waals surface area contributed by atoms with E-state index in [1.165, 1.54) is 10.5 Å². The molecule has 9 nitrogen and oxygen atoms in total. The van der Waals surface area contributed by atoms with E-state index in [1.807, 2.05) is 0 Å².